The number of guanidine groups is 1. The molecule has 0 atom stereocenters. The third-order valence-electron chi connectivity index (χ3n) is 3.55. The van der Waals surface area contributed by atoms with Gasteiger partial charge in [-0.25, -0.2) is 0 Å². The van der Waals surface area contributed by atoms with Crippen molar-refractivity contribution in [3.63, 3.8) is 0 Å². The van der Waals surface area contributed by atoms with Gasteiger partial charge in [-0.05, 0) is 44.4 Å². The third-order valence-corrected chi connectivity index (χ3v) is 3.55. The molecule has 0 aliphatic rings. The number of pyridine rings is 1. The van der Waals surface area contributed by atoms with Crippen molar-refractivity contribution in [2.24, 2.45) is 4.99 Å². The van der Waals surface area contributed by atoms with Crippen molar-refractivity contribution in [2.75, 3.05) is 19.6 Å². The van der Waals surface area contributed by atoms with Crippen LogP contribution >= 0.6 is 24.0 Å². The van der Waals surface area contributed by atoms with Crippen LogP contribution in [0.25, 0.3) is 0 Å². The summed E-state index contributed by atoms with van der Waals surface area (Å²) in [4.78, 5) is 8.94. The molecule has 0 spiro atoms. The average molecular weight is 442 g/mol. The van der Waals surface area contributed by atoms with Gasteiger partial charge in [0.2, 0.25) is 0 Å². The third kappa shape index (κ3) is 7.29. The van der Waals surface area contributed by atoms with E-state index < -0.39 is 0 Å². The molecule has 132 valence electrons. The maximum Gasteiger partial charge on any atom is 0.191 e. The van der Waals surface area contributed by atoms with Gasteiger partial charge in [0.05, 0.1) is 6.20 Å². The molecule has 0 aliphatic carbocycles. The molecule has 0 saturated carbocycles. The number of aryl methyl sites for hydroxylation is 2. The first-order valence-corrected chi connectivity index (χ1v) is 8.20. The highest BCUT2D eigenvalue weighted by atomic mass is 127. The van der Waals surface area contributed by atoms with Crippen LogP contribution in [0.1, 0.15) is 30.3 Å². The number of aromatic nitrogens is 3. The Hall–Kier alpha value is -1.64. The van der Waals surface area contributed by atoms with Crippen LogP contribution in [0.4, 0.5) is 0 Å². The van der Waals surface area contributed by atoms with Crippen LogP contribution < -0.4 is 10.6 Å². The molecule has 0 amide bonds. The van der Waals surface area contributed by atoms with Gasteiger partial charge in [0.15, 0.2) is 5.96 Å². The molecule has 0 aromatic carbocycles. The number of nitrogens with one attached hydrogen (secondary N) is 3. The summed E-state index contributed by atoms with van der Waals surface area (Å²) in [6, 6.07) is 5.99. The Morgan fingerprint density at radius 3 is 2.79 bits per heavy atom. The van der Waals surface area contributed by atoms with Crippen LogP contribution in [0.5, 0.6) is 0 Å². The monoisotopic (exact) mass is 442 g/mol. The zero-order valence-electron chi connectivity index (χ0n) is 14.4. The van der Waals surface area contributed by atoms with Gasteiger partial charge in [-0.15, -0.1) is 24.0 Å². The minimum atomic E-state index is 0. The highest BCUT2D eigenvalue weighted by molar-refractivity contribution is 14.0. The van der Waals surface area contributed by atoms with Crippen LogP contribution in [0.15, 0.2) is 35.6 Å². The second-order valence-electron chi connectivity index (χ2n) is 5.38. The zero-order chi connectivity index (χ0) is 16.3. The quantitative estimate of drug-likeness (QED) is 0.254. The van der Waals surface area contributed by atoms with E-state index in [9.17, 15) is 0 Å². The Kier molecular flexibility index (Phi) is 10.1. The molecular weight excluding hydrogens is 415 g/mol. The summed E-state index contributed by atoms with van der Waals surface area (Å²) in [7, 11) is 0. The molecule has 0 unspecified atom stereocenters. The Labute approximate surface area is 161 Å². The summed E-state index contributed by atoms with van der Waals surface area (Å²) in [5.41, 5.74) is 3.51. The lowest BCUT2D eigenvalue weighted by atomic mass is 10.1. The maximum absolute atomic E-state index is 4.62. The summed E-state index contributed by atoms with van der Waals surface area (Å²) in [5.74, 6) is 0.868. The lowest BCUT2D eigenvalue weighted by Gasteiger charge is -2.11. The number of rotatable bonds is 8. The van der Waals surface area contributed by atoms with E-state index in [1.165, 1.54) is 5.56 Å². The Bertz CT molecular complexity index is 596. The predicted octanol–water partition coefficient (Wildman–Crippen LogP) is 2.46. The second-order valence-corrected chi connectivity index (χ2v) is 5.38. The topological polar surface area (TPSA) is 78.0 Å². The molecule has 0 radical (unpaired) electrons. The van der Waals surface area contributed by atoms with Gasteiger partial charge in [-0.2, -0.15) is 5.10 Å². The Morgan fingerprint density at radius 2 is 2.12 bits per heavy atom. The van der Waals surface area contributed by atoms with Crippen molar-refractivity contribution in [3.8, 4) is 0 Å². The fourth-order valence-electron chi connectivity index (χ4n) is 2.28. The molecule has 6 nitrogen and oxygen atoms in total. The molecule has 2 rings (SSSR count). The maximum atomic E-state index is 4.62. The predicted molar refractivity (Wildman–Crippen MR) is 109 cm³/mol. The molecule has 2 heterocycles. The largest absolute Gasteiger partial charge is 0.357 e. The van der Waals surface area contributed by atoms with E-state index in [4.69, 9.17) is 0 Å². The van der Waals surface area contributed by atoms with Gasteiger partial charge in [0, 0.05) is 43.6 Å². The SMILES string of the molecule is CCNC(=NCCCc1cn[nH]c1C)NCCc1ccccn1.I. The second kappa shape index (κ2) is 11.8. The minimum Gasteiger partial charge on any atom is -0.357 e. The van der Waals surface area contributed by atoms with Crippen LogP contribution in [0, 0.1) is 6.92 Å². The lowest BCUT2D eigenvalue weighted by molar-refractivity contribution is 0.769. The Balaban J connectivity index is 0.00000288. The first kappa shape index (κ1) is 20.4. The van der Waals surface area contributed by atoms with Crippen molar-refractivity contribution in [3.05, 3.63) is 47.5 Å². The van der Waals surface area contributed by atoms with Crippen molar-refractivity contribution in [1.29, 1.82) is 0 Å². The van der Waals surface area contributed by atoms with E-state index in [1.807, 2.05) is 30.6 Å². The summed E-state index contributed by atoms with van der Waals surface area (Å²) < 4.78 is 0. The highest BCUT2D eigenvalue weighted by Crippen LogP contribution is 2.05. The fourth-order valence-corrected chi connectivity index (χ4v) is 2.28. The van der Waals surface area contributed by atoms with Crippen molar-refractivity contribution in [2.45, 2.75) is 33.1 Å². The number of hydrogen-bond acceptors (Lipinski definition) is 3. The van der Waals surface area contributed by atoms with Gasteiger partial charge in [-0.1, -0.05) is 6.07 Å². The number of halogens is 1. The summed E-state index contributed by atoms with van der Waals surface area (Å²) in [5, 5.41) is 13.6. The smallest absolute Gasteiger partial charge is 0.191 e. The van der Waals surface area contributed by atoms with Crippen LogP contribution in [-0.4, -0.2) is 40.8 Å². The normalized spacial score (nSPS) is 11.0. The number of hydrogen-bond donors (Lipinski definition) is 3. The molecule has 0 saturated heterocycles. The van der Waals surface area contributed by atoms with Crippen molar-refractivity contribution >= 4 is 29.9 Å². The van der Waals surface area contributed by atoms with Gasteiger partial charge in [-0.3, -0.25) is 15.1 Å². The van der Waals surface area contributed by atoms with E-state index in [1.54, 1.807) is 0 Å². The molecule has 3 N–H and O–H groups in total. The Morgan fingerprint density at radius 1 is 1.25 bits per heavy atom. The molecule has 2 aromatic rings. The van der Waals surface area contributed by atoms with Crippen molar-refractivity contribution < 1.29 is 0 Å². The molecule has 2 aromatic heterocycles. The summed E-state index contributed by atoms with van der Waals surface area (Å²) >= 11 is 0. The summed E-state index contributed by atoms with van der Waals surface area (Å²) in [6.45, 7) is 6.60. The average Bonchev–Trinajstić information content (AvgIpc) is 2.97. The van der Waals surface area contributed by atoms with Crippen LogP contribution in [0.3, 0.4) is 0 Å². The highest BCUT2D eigenvalue weighted by Gasteiger charge is 2.01. The molecule has 7 heteroatoms. The standard InChI is InChI=1S/C17H26N6.HI/c1-3-18-17(21-12-9-16-8-4-5-10-19-16)20-11-6-7-15-13-22-23-14(15)2;/h4-5,8,10,13H,3,6-7,9,11-12H2,1-2H3,(H,22,23)(H2,18,20,21);1H. The van der Waals surface area contributed by atoms with E-state index in [0.717, 1.165) is 56.2 Å². The van der Waals surface area contributed by atoms with Gasteiger partial charge >= 0.3 is 0 Å². The van der Waals surface area contributed by atoms with E-state index in [-0.39, 0.29) is 24.0 Å². The van der Waals surface area contributed by atoms with E-state index >= 15 is 0 Å². The molecule has 0 bridgehead atoms. The van der Waals surface area contributed by atoms with Gasteiger partial charge in [0.25, 0.3) is 0 Å². The number of H-pyrrole nitrogens is 1. The number of aromatic amines is 1. The van der Waals surface area contributed by atoms with Crippen LogP contribution in [0.2, 0.25) is 0 Å². The van der Waals surface area contributed by atoms with E-state index in [2.05, 4.69) is 44.7 Å². The molecule has 0 aliphatic heterocycles. The van der Waals surface area contributed by atoms with Crippen LogP contribution in [-0.2, 0) is 12.8 Å². The van der Waals surface area contributed by atoms with Crippen molar-refractivity contribution in [1.82, 2.24) is 25.8 Å². The van der Waals surface area contributed by atoms with Gasteiger partial charge in [0.1, 0.15) is 0 Å². The first-order chi connectivity index (χ1) is 11.3. The van der Waals surface area contributed by atoms with Gasteiger partial charge < -0.3 is 10.6 Å². The first-order valence-electron chi connectivity index (χ1n) is 8.20. The zero-order valence-corrected chi connectivity index (χ0v) is 16.7. The minimum absolute atomic E-state index is 0. The number of nitrogens with zero attached hydrogens (tertiary/aromatic N) is 3. The molecule has 24 heavy (non-hydrogen) atoms. The number of aliphatic imine (C=N–C) groups is 1. The molecular formula is C17H27IN6. The fraction of sp³-hybridized carbons (Fsp3) is 0.471. The lowest BCUT2D eigenvalue weighted by Crippen LogP contribution is -2.38. The summed E-state index contributed by atoms with van der Waals surface area (Å²) in [6.07, 6.45) is 6.62. The molecule has 0 fully saturated rings. The van der Waals surface area contributed by atoms with E-state index in [0.29, 0.717) is 0 Å².